The van der Waals surface area contributed by atoms with Gasteiger partial charge < -0.3 is 19.7 Å². The number of nitrogens with one attached hydrogen (secondary N) is 1. The van der Waals surface area contributed by atoms with Crippen molar-refractivity contribution in [2.45, 2.75) is 50.3 Å². The van der Waals surface area contributed by atoms with E-state index in [1.807, 2.05) is 60.7 Å². The summed E-state index contributed by atoms with van der Waals surface area (Å²) in [6.07, 6.45) is 0.494. The fraction of sp³-hybridized carbons (Fsp3) is 0.278. The topological polar surface area (TPSA) is 105 Å². The van der Waals surface area contributed by atoms with Crippen LogP contribution in [0.5, 0.6) is 0 Å². The van der Waals surface area contributed by atoms with E-state index < -0.39 is 46.9 Å². The number of ether oxygens (including phenoxy) is 2. The summed E-state index contributed by atoms with van der Waals surface area (Å²) in [7, 11) is 0. The molecule has 0 saturated carbocycles. The second-order valence-electron chi connectivity index (χ2n) is 12.4. The zero-order valence-electron chi connectivity index (χ0n) is 26.1. The van der Waals surface area contributed by atoms with Crippen molar-refractivity contribution < 1.29 is 33.0 Å². The largest absolute Gasteiger partial charge is 0.448 e. The van der Waals surface area contributed by atoms with E-state index in [0.29, 0.717) is 29.8 Å². The molecular formula is C36H34FN3O6S. The molecular weight excluding hydrogens is 621 g/mol. The first kappa shape index (κ1) is 32.1. The SMILES string of the molecule is CC(C)(C)OC(=O)N[C@@H]1C(=O)N2C(C(=O)OC(c3ccccc3)c3ccccc3)=C(/C=C3\CCN(c4cccc(F)c4)C3=O)CS[C@H]12. The van der Waals surface area contributed by atoms with Crippen molar-refractivity contribution in [2.24, 2.45) is 0 Å². The number of β-lactam (4-membered cyclic amide) rings is 1. The highest BCUT2D eigenvalue weighted by Crippen LogP contribution is 2.43. The zero-order chi connectivity index (χ0) is 33.3. The van der Waals surface area contributed by atoms with Gasteiger partial charge >= 0.3 is 12.1 Å². The molecule has 3 heterocycles. The quantitative estimate of drug-likeness (QED) is 0.193. The van der Waals surface area contributed by atoms with Crippen LogP contribution in [0.15, 0.2) is 108 Å². The number of benzene rings is 3. The van der Waals surface area contributed by atoms with Crippen molar-refractivity contribution in [1.29, 1.82) is 0 Å². The maximum Gasteiger partial charge on any atom is 0.408 e. The number of esters is 1. The second-order valence-corrected chi connectivity index (χ2v) is 13.5. The minimum Gasteiger partial charge on any atom is -0.448 e. The van der Waals surface area contributed by atoms with Crippen LogP contribution < -0.4 is 10.2 Å². The summed E-state index contributed by atoms with van der Waals surface area (Å²) in [5.41, 5.74) is 2.05. The number of hydrogen-bond donors (Lipinski definition) is 1. The van der Waals surface area contributed by atoms with Crippen LogP contribution in [0, 0.1) is 5.82 Å². The molecule has 2 atom stereocenters. The number of alkyl carbamates (subject to hydrolysis) is 1. The van der Waals surface area contributed by atoms with Crippen LogP contribution in [0.2, 0.25) is 0 Å². The third kappa shape index (κ3) is 6.80. The lowest BCUT2D eigenvalue weighted by molar-refractivity contribution is -0.153. The molecule has 2 fully saturated rings. The third-order valence-electron chi connectivity index (χ3n) is 7.89. The van der Waals surface area contributed by atoms with E-state index in [0.717, 1.165) is 11.1 Å². The number of anilines is 1. The van der Waals surface area contributed by atoms with Gasteiger partial charge in [0.05, 0.1) is 0 Å². The molecule has 9 nitrogen and oxygen atoms in total. The third-order valence-corrected chi connectivity index (χ3v) is 9.19. The smallest absolute Gasteiger partial charge is 0.408 e. The van der Waals surface area contributed by atoms with Crippen molar-refractivity contribution in [3.8, 4) is 0 Å². The van der Waals surface area contributed by atoms with Crippen LogP contribution in [0.4, 0.5) is 14.9 Å². The van der Waals surface area contributed by atoms with Crippen molar-refractivity contribution >= 4 is 41.3 Å². The van der Waals surface area contributed by atoms with Crippen molar-refractivity contribution in [1.82, 2.24) is 10.2 Å². The molecule has 0 aliphatic carbocycles. The van der Waals surface area contributed by atoms with E-state index >= 15 is 0 Å². The number of halogens is 1. The molecule has 0 bridgehead atoms. The number of amides is 3. The molecule has 242 valence electrons. The number of carbonyl (C=O) groups is 4. The minimum absolute atomic E-state index is 0.0161. The summed E-state index contributed by atoms with van der Waals surface area (Å²) >= 11 is 1.36. The van der Waals surface area contributed by atoms with Gasteiger partial charge in [0.2, 0.25) is 0 Å². The molecule has 47 heavy (non-hydrogen) atoms. The molecule has 3 aromatic rings. The van der Waals surface area contributed by atoms with Crippen LogP contribution in [0.1, 0.15) is 44.4 Å². The van der Waals surface area contributed by atoms with Gasteiger partial charge in [-0.1, -0.05) is 66.7 Å². The summed E-state index contributed by atoms with van der Waals surface area (Å²) in [6.45, 7) is 5.51. The summed E-state index contributed by atoms with van der Waals surface area (Å²) in [4.78, 5) is 56.7. The number of rotatable bonds is 7. The molecule has 3 aromatic carbocycles. The Balaban J connectivity index is 1.34. The molecule has 0 radical (unpaired) electrons. The van der Waals surface area contributed by atoms with Gasteiger partial charge in [0.15, 0.2) is 6.10 Å². The Hall–Kier alpha value is -4.90. The highest BCUT2D eigenvalue weighted by atomic mass is 32.2. The molecule has 6 rings (SSSR count). The van der Waals surface area contributed by atoms with E-state index in [2.05, 4.69) is 5.32 Å². The lowest BCUT2D eigenvalue weighted by Crippen LogP contribution is -2.70. The van der Waals surface area contributed by atoms with Gasteiger partial charge in [0.25, 0.3) is 11.8 Å². The molecule has 0 spiro atoms. The summed E-state index contributed by atoms with van der Waals surface area (Å²) in [5, 5.41) is 2.05. The fourth-order valence-electron chi connectivity index (χ4n) is 5.77. The lowest BCUT2D eigenvalue weighted by atomic mass is 10.00. The Bertz CT molecular complexity index is 1730. The lowest BCUT2D eigenvalue weighted by Gasteiger charge is -2.49. The fourth-order valence-corrected chi connectivity index (χ4v) is 7.08. The Morgan fingerprint density at radius 1 is 0.979 bits per heavy atom. The zero-order valence-corrected chi connectivity index (χ0v) is 27.0. The van der Waals surface area contributed by atoms with Crippen LogP contribution in [-0.4, -0.2) is 58.1 Å². The van der Waals surface area contributed by atoms with Gasteiger partial charge in [-0.25, -0.2) is 14.0 Å². The Morgan fingerprint density at radius 2 is 1.64 bits per heavy atom. The number of nitrogens with zero attached hydrogens (tertiary/aromatic N) is 2. The molecule has 1 N–H and O–H groups in total. The minimum atomic E-state index is -0.914. The van der Waals surface area contributed by atoms with Crippen LogP contribution in [0.3, 0.4) is 0 Å². The van der Waals surface area contributed by atoms with Crippen LogP contribution in [-0.2, 0) is 23.9 Å². The molecule has 0 unspecified atom stereocenters. The predicted molar refractivity (Wildman–Crippen MR) is 176 cm³/mol. The van der Waals surface area contributed by atoms with Crippen LogP contribution in [0.25, 0.3) is 0 Å². The molecule has 11 heteroatoms. The average molecular weight is 656 g/mol. The maximum atomic E-state index is 14.2. The Kier molecular flexibility index (Phi) is 8.92. The normalized spacial score (nSPS) is 20.3. The number of thioether (sulfide) groups is 1. The van der Waals surface area contributed by atoms with E-state index in [-0.39, 0.29) is 17.4 Å². The van der Waals surface area contributed by atoms with Crippen LogP contribution >= 0.6 is 11.8 Å². The van der Waals surface area contributed by atoms with Crippen molar-refractivity contribution in [3.63, 3.8) is 0 Å². The monoisotopic (exact) mass is 655 g/mol. The van der Waals surface area contributed by atoms with E-state index in [1.165, 1.54) is 33.7 Å². The standard InChI is InChI=1S/C36H34FN3O6S/c1-36(2,3)46-35(44)38-28-32(42)40-29(34(43)45-30(22-11-6-4-7-12-22)23-13-8-5-9-14-23)25(21-47-33(28)40)19-24-17-18-39(31(24)41)27-16-10-15-26(37)20-27/h4-16,19-20,28,30,33H,17-18,21H2,1-3H3,(H,38,44)/b24-19+/t28-,33-/m1/s1. The van der Waals surface area contributed by atoms with Crippen molar-refractivity contribution in [3.05, 3.63) is 125 Å². The Morgan fingerprint density at radius 3 is 2.26 bits per heavy atom. The number of hydrogen-bond acceptors (Lipinski definition) is 7. The maximum absolute atomic E-state index is 14.2. The number of fused-ring (bicyclic) bond motifs is 1. The molecule has 3 aliphatic rings. The molecule has 2 saturated heterocycles. The van der Waals surface area contributed by atoms with Gasteiger partial charge in [-0.15, -0.1) is 11.8 Å². The summed E-state index contributed by atoms with van der Waals surface area (Å²) in [6, 6.07) is 23.5. The van der Waals surface area contributed by atoms with Gasteiger partial charge in [0, 0.05) is 23.6 Å². The Labute approximate surface area is 276 Å². The van der Waals surface area contributed by atoms with E-state index in [9.17, 15) is 23.6 Å². The van der Waals surface area contributed by atoms with E-state index in [1.54, 1.807) is 39.0 Å². The second kappa shape index (κ2) is 13.1. The summed E-state index contributed by atoms with van der Waals surface area (Å²) in [5.74, 6) is -1.73. The summed E-state index contributed by atoms with van der Waals surface area (Å²) < 4.78 is 25.5. The van der Waals surface area contributed by atoms with Gasteiger partial charge in [-0.3, -0.25) is 14.5 Å². The van der Waals surface area contributed by atoms with Gasteiger partial charge in [0.1, 0.15) is 28.5 Å². The van der Waals surface area contributed by atoms with Gasteiger partial charge in [-0.05, 0) is 68.2 Å². The van der Waals surface area contributed by atoms with Crippen molar-refractivity contribution in [2.75, 3.05) is 17.2 Å². The molecule has 3 amide bonds. The first-order valence-electron chi connectivity index (χ1n) is 15.3. The highest BCUT2D eigenvalue weighted by molar-refractivity contribution is 8.00. The number of carbonyl (C=O) groups excluding carboxylic acids is 4. The van der Waals surface area contributed by atoms with E-state index in [4.69, 9.17) is 9.47 Å². The molecule has 0 aromatic heterocycles. The first-order chi connectivity index (χ1) is 22.5. The van der Waals surface area contributed by atoms with Gasteiger partial charge in [-0.2, -0.15) is 0 Å². The highest BCUT2D eigenvalue weighted by Gasteiger charge is 2.55. The average Bonchev–Trinajstić information content (AvgIpc) is 3.41. The first-order valence-corrected chi connectivity index (χ1v) is 16.3. The molecule has 3 aliphatic heterocycles. The predicted octanol–water partition coefficient (Wildman–Crippen LogP) is 5.88. The number of allylic oxidation sites excluding steroid dienone is 1.